The van der Waals surface area contributed by atoms with Crippen LogP contribution in [-0.2, 0) is 10.3 Å². The molecule has 1 aliphatic heterocycles. The fraction of sp³-hybridized carbons (Fsp3) is 0.278. The van der Waals surface area contributed by atoms with Crippen molar-refractivity contribution in [3.8, 4) is 0 Å². The molecule has 0 saturated carbocycles. The summed E-state index contributed by atoms with van der Waals surface area (Å²) in [5.74, 6) is -0.838. The predicted molar refractivity (Wildman–Crippen MR) is 93.1 cm³/mol. The topological polar surface area (TPSA) is 89.6 Å². The van der Waals surface area contributed by atoms with Gasteiger partial charge < -0.3 is 15.8 Å². The largest absolute Gasteiger partial charge is 0.386 e. The number of nitrogens with zero attached hydrogens (tertiary/aromatic N) is 2. The van der Waals surface area contributed by atoms with Crippen LogP contribution in [0.1, 0.15) is 28.5 Å². The molecule has 1 unspecified atom stereocenters. The Morgan fingerprint density at radius 1 is 1.40 bits per heavy atom. The summed E-state index contributed by atoms with van der Waals surface area (Å²) >= 11 is 0. The molecule has 6 nitrogen and oxygen atoms in total. The van der Waals surface area contributed by atoms with Gasteiger partial charge in [-0.1, -0.05) is 12.1 Å². The second kappa shape index (κ2) is 6.60. The first-order valence-corrected chi connectivity index (χ1v) is 7.83. The number of carbonyl (C=O) groups excluding carboxylic acids is 1. The SMILES string of the molecule is Cc1cnc(C(=O)Nc2cccc(C3(C)COCC(N)=N3)c2)c(F)c1. The minimum absolute atomic E-state index is 0.245. The highest BCUT2D eigenvalue weighted by atomic mass is 19.1. The summed E-state index contributed by atoms with van der Waals surface area (Å²) in [6, 6.07) is 8.43. The van der Waals surface area contributed by atoms with Crippen LogP contribution < -0.4 is 11.1 Å². The van der Waals surface area contributed by atoms with Crippen LogP contribution in [0.3, 0.4) is 0 Å². The van der Waals surface area contributed by atoms with Crippen LogP contribution in [0.2, 0.25) is 0 Å². The summed E-state index contributed by atoms with van der Waals surface area (Å²) in [6.45, 7) is 4.31. The van der Waals surface area contributed by atoms with Gasteiger partial charge in [0.1, 0.15) is 18.0 Å². The number of anilines is 1. The molecule has 2 heterocycles. The number of carbonyl (C=O) groups is 1. The second-order valence-electron chi connectivity index (χ2n) is 6.25. The molecule has 0 spiro atoms. The van der Waals surface area contributed by atoms with Gasteiger partial charge in [0.2, 0.25) is 0 Å². The summed E-state index contributed by atoms with van der Waals surface area (Å²) in [4.78, 5) is 20.6. The predicted octanol–water partition coefficient (Wildman–Crippen LogP) is 2.38. The summed E-state index contributed by atoms with van der Waals surface area (Å²) < 4.78 is 19.4. The average Bonchev–Trinajstić information content (AvgIpc) is 2.54. The highest BCUT2D eigenvalue weighted by Crippen LogP contribution is 2.30. The number of aliphatic imine (C=N–C) groups is 1. The van der Waals surface area contributed by atoms with Crippen molar-refractivity contribution in [3.05, 3.63) is 59.2 Å². The average molecular weight is 342 g/mol. The number of nitrogens with two attached hydrogens (primary N) is 1. The van der Waals surface area contributed by atoms with Crippen molar-refractivity contribution >= 4 is 17.4 Å². The Balaban J connectivity index is 1.85. The van der Waals surface area contributed by atoms with E-state index in [2.05, 4.69) is 15.3 Å². The fourth-order valence-electron chi connectivity index (χ4n) is 2.71. The normalized spacial score (nSPS) is 20.0. The third kappa shape index (κ3) is 3.66. The standard InChI is InChI=1S/C18H19FN4O2/c1-11-6-14(19)16(21-8-11)17(24)22-13-5-3-4-12(7-13)18(2)10-25-9-15(20)23-18/h3-8H,9-10H2,1-2H3,(H2,20,23)(H,22,24). The number of rotatable bonds is 3. The second-order valence-corrected chi connectivity index (χ2v) is 6.25. The van der Waals surface area contributed by atoms with Crippen molar-refractivity contribution in [2.45, 2.75) is 19.4 Å². The maximum Gasteiger partial charge on any atom is 0.277 e. The van der Waals surface area contributed by atoms with Gasteiger partial charge in [-0.15, -0.1) is 0 Å². The maximum absolute atomic E-state index is 13.9. The van der Waals surface area contributed by atoms with Crippen molar-refractivity contribution in [2.75, 3.05) is 18.5 Å². The number of halogens is 1. The molecule has 1 amide bonds. The van der Waals surface area contributed by atoms with E-state index in [4.69, 9.17) is 10.5 Å². The molecular weight excluding hydrogens is 323 g/mol. The molecule has 0 bridgehead atoms. The van der Waals surface area contributed by atoms with Gasteiger partial charge in [-0.25, -0.2) is 9.37 Å². The number of ether oxygens (including phenoxy) is 1. The molecule has 130 valence electrons. The zero-order valence-electron chi connectivity index (χ0n) is 14.0. The molecular formula is C18H19FN4O2. The minimum Gasteiger partial charge on any atom is -0.386 e. The molecule has 0 aliphatic carbocycles. The van der Waals surface area contributed by atoms with Crippen LogP contribution >= 0.6 is 0 Å². The highest BCUT2D eigenvalue weighted by molar-refractivity contribution is 6.03. The quantitative estimate of drug-likeness (QED) is 0.896. The lowest BCUT2D eigenvalue weighted by atomic mass is 9.92. The molecule has 3 rings (SSSR count). The third-order valence-electron chi connectivity index (χ3n) is 3.96. The summed E-state index contributed by atoms with van der Waals surface area (Å²) in [5.41, 5.74) is 6.91. The molecule has 0 radical (unpaired) electrons. The van der Waals surface area contributed by atoms with Gasteiger partial charge in [-0.2, -0.15) is 0 Å². The number of amides is 1. The van der Waals surface area contributed by atoms with E-state index in [1.54, 1.807) is 25.1 Å². The lowest BCUT2D eigenvalue weighted by Gasteiger charge is -2.30. The summed E-state index contributed by atoms with van der Waals surface area (Å²) in [7, 11) is 0. The maximum atomic E-state index is 13.9. The molecule has 0 saturated heterocycles. The van der Waals surface area contributed by atoms with E-state index >= 15 is 0 Å². The van der Waals surface area contributed by atoms with Gasteiger partial charge in [0.15, 0.2) is 11.5 Å². The highest BCUT2D eigenvalue weighted by Gasteiger charge is 2.30. The molecule has 25 heavy (non-hydrogen) atoms. The summed E-state index contributed by atoms with van der Waals surface area (Å²) in [5, 5.41) is 2.66. The number of pyridine rings is 1. The van der Waals surface area contributed by atoms with Gasteiger partial charge >= 0.3 is 0 Å². The van der Waals surface area contributed by atoms with E-state index in [9.17, 15) is 9.18 Å². The van der Waals surface area contributed by atoms with Gasteiger partial charge in [0.05, 0.1) is 6.61 Å². The van der Waals surface area contributed by atoms with Gasteiger partial charge in [-0.05, 0) is 43.2 Å². The minimum atomic E-state index is -0.654. The number of hydrogen-bond donors (Lipinski definition) is 2. The summed E-state index contributed by atoms with van der Waals surface area (Å²) in [6.07, 6.45) is 1.45. The smallest absolute Gasteiger partial charge is 0.277 e. The number of amidine groups is 1. The van der Waals surface area contributed by atoms with E-state index < -0.39 is 17.3 Å². The lowest BCUT2D eigenvalue weighted by Crippen LogP contribution is -2.37. The monoisotopic (exact) mass is 342 g/mol. The zero-order valence-corrected chi connectivity index (χ0v) is 14.0. The van der Waals surface area contributed by atoms with Gasteiger partial charge in [0.25, 0.3) is 5.91 Å². The van der Waals surface area contributed by atoms with Crippen LogP contribution in [0.4, 0.5) is 10.1 Å². The number of aromatic nitrogens is 1. The van der Waals surface area contributed by atoms with Crippen LogP contribution in [0, 0.1) is 12.7 Å². The van der Waals surface area contributed by atoms with Crippen LogP contribution in [0.25, 0.3) is 0 Å². The molecule has 1 aliphatic rings. The van der Waals surface area contributed by atoms with E-state index in [0.717, 1.165) is 5.56 Å². The van der Waals surface area contributed by atoms with Crippen LogP contribution in [-0.4, -0.2) is 29.9 Å². The first-order valence-electron chi connectivity index (χ1n) is 7.83. The molecule has 2 aromatic rings. The molecule has 1 aromatic heterocycles. The van der Waals surface area contributed by atoms with E-state index in [-0.39, 0.29) is 5.69 Å². The Bertz CT molecular complexity index is 853. The Hall–Kier alpha value is -2.80. The molecule has 1 atom stereocenters. The third-order valence-corrected chi connectivity index (χ3v) is 3.96. The van der Waals surface area contributed by atoms with Crippen molar-refractivity contribution < 1.29 is 13.9 Å². The van der Waals surface area contributed by atoms with Crippen molar-refractivity contribution in [2.24, 2.45) is 10.7 Å². The Morgan fingerprint density at radius 2 is 2.20 bits per heavy atom. The molecule has 0 fully saturated rings. The fourth-order valence-corrected chi connectivity index (χ4v) is 2.71. The zero-order chi connectivity index (χ0) is 18.0. The Labute approximate surface area is 144 Å². The van der Waals surface area contributed by atoms with Crippen molar-refractivity contribution in [1.29, 1.82) is 0 Å². The number of hydrogen-bond acceptors (Lipinski definition) is 5. The number of aryl methyl sites for hydroxylation is 1. The van der Waals surface area contributed by atoms with Crippen molar-refractivity contribution in [3.63, 3.8) is 0 Å². The Kier molecular flexibility index (Phi) is 4.50. The van der Waals surface area contributed by atoms with E-state index in [0.29, 0.717) is 30.3 Å². The van der Waals surface area contributed by atoms with Crippen LogP contribution in [0.15, 0.2) is 41.5 Å². The van der Waals surface area contributed by atoms with Crippen LogP contribution in [0.5, 0.6) is 0 Å². The first-order chi connectivity index (χ1) is 11.9. The first kappa shape index (κ1) is 17.0. The molecule has 7 heteroatoms. The number of benzene rings is 1. The van der Waals surface area contributed by atoms with Crippen molar-refractivity contribution in [1.82, 2.24) is 4.98 Å². The van der Waals surface area contributed by atoms with Gasteiger partial charge in [-0.3, -0.25) is 9.79 Å². The molecule has 3 N–H and O–H groups in total. The lowest BCUT2D eigenvalue weighted by molar-refractivity contribution is 0.101. The Morgan fingerprint density at radius 3 is 2.92 bits per heavy atom. The number of nitrogens with one attached hydrogen (secondary N) is 1. The van der Waals surface area contributed by atoms with E-state index in [1.165, 1.54) is 12.3 Å². The molecule has 1 aromatic carbocycles. The van der Waals surface area contributed by atoms with Gasteiger partial charge in [0, 0.05) is 11.9 Å². The van der Waals surface area contributed by atoms with E-state index in [1.807, 2.05) is 13.0 Å².